The molecule has 2 aromatic carbocycles. The number of carboxylic acids is 1. The van der Waals surface area contributed by atoms with Gasteiger partial charge < -0.3 is 19.0 Å². The maximum atomic E-state index is 12.1. The van der Waals surface area contributed by atoms with Gasteiger partial charge >= 0.3 is 5.97 Å². The average Bonchev–Trinajstić information content (AvgIpc) is 3.45. The Bertz CT molecular complexity index is 1250. The van der Waals surface area contributed by atoms with Gasteiger partial charge in [-0.1, -0.05) is 31.2 Å². The standard InChI is InChI=1S/C26H27NO5S/c1-4-14-31-26(3,25(28)29)20-10-11-22(19-13-16-33-23(19)20)30-15-12-21-17(2)32-24(27-21)18-8-6-5-7-9-18/h5-11,13,16H,4,12,14-15H2,1-3H3,(H,28,29). The van der Waals surface area contributed by atoms with Gasteiger partial charge in [0, 0.05) is 34.2 Å². The van der Waals surface area contributed by atoms with E-state index in [1.54, 1.807) is 13.0 Å². The molecule has 0 saturated carbocycles. The van der Waals surface area contributed by atoms with E-state index in [9.17, 15) is 9.90 Å². The Labute approximate surface area is 196 Å². The number of ether oxygens (including phenoxy) is 2. The van der Waals surface area contributed by atoms with Gasteiger partial charge in [0.25, 0.3) is 0 Å². The third kappa shape index (κ3) is 4.65. The third-order valence-electron chi connectivity index (χ3n) is 5.60. The number of fused-ring (bicyclic) bond motifs is 1. The minimum absolute atomic E-state index is 0.371. The molecule has 4 rings (SSSR count). The fraction of sp³-hybridized carbons (Fsp3) is 0.308. The fourth-order valence-electron chi connectivity index (χ4n) is 3.72. The predicted molar refractivity (Wildman–Crippen MR) is 129 cm³/mol. The van der Waals surface area contributed by atoms with Gasteiger partial charge in [0.15, 0.2) is 5.60 Å². The molecule has 6 nitrogen and oxygen atoms in total. The summed E-state index contributed by atoms with van der Waals surface area (Å²) in [6.45, 7) is 6.27. The number of aromatic nitrogens is 1. The first kappa shape index (κ1) is 23.0. The van der Waals surface area contributed by atoms with E-state index >= 15 is 0 Å². The minimum Gasteiger partial charge on any atom is -0.493 e. The van der Waals surface area contributed by atoms with E-state index in [1.165, 1.54) is 11.3 Å². The normalized spacial score (nSPS) is 13.2. The molecule has 1 unspecified atom stereocenters. The molecule has 0 radical (unpaired) electrons. The zero-order chi connectivity index (χ0) is 23.4. The van der Waals surface area contributed by atoms with Gasteiger partial charge in [-0.2, -0.15) is 0 Å². The van der Waals surface area contributed by atoms with Crippen LogP contribution >= 0.6 is 11.3 Å². The van der Waals surface area contributed by atoms with Crippen molar-refractivity contribution < 1.29 is 23.8 Å². The number of aliphatic carboxylic acids is 1. The smallest absolute Gasteiger partial charge is 0.340 e. The monoisotopic (exact) mass is 465 g/mol. The molecule has 7 heteroatoms. The highest BCUT2D eigenvalue weighted by Gasteiger charge is 2.38. The van der Waals surface area contributed by atoms with Crippen molar-refractivity contribution in [2.45, 2.75) is 39.2 Å². The Morgan fingerprint density at radius 2 is 1.94 bits per heavy atom. The summed E-state index contributed by atoms with van der Waals surface area (Å²) in [6, 6.07) is 15.4. The van der Waals surface area contributed by atoms with Gasteiger partial charge in [0.2, 0.25) is 5.89 Å². The second-order valence-corrected chi connectivity index (χ2v) is 8.86. The molecule has 0 aliphatic carbocycles. The van der Waals surface area contributed by atoms with Crippen LogP contribution in [0.1, 0.15) is 37.3 Å². The Kier molecular flexibility index (Phi) is 6.81. The first-order chi connectivity index (χ1) is 15.9. The van der Waals surface area contributed by atoms with Crippen molar-refractivity contribution in [3.63, 3.8) is 0 Å². The van der Waals surface area contributed by atoms with E-state index < -0.39 is 11.6 Å². The van der Waals surface area contributed by atoms with Crippen molar-refractivity contribution >= 4 is 27.4 Å². The van der Waals surface area contributed by atoms with Crippen LogP contribution in [0.4, 0.5) is 0 Å². The van der Waals surface area contributed by atoms with Crippen molar-refractivity contribution in [2.24, 2.45) is 0 Å². The summed E-state index contributed by atoms with van der Waals surface area (Å²) in [4.78, 5) is 16.7. The van der Waals surface area contributed by atoms with Crippen molar-refractivity contribution in [1.82, 2.24) is 4.98 Å². The van der Waals surface area contributed by atoms with E-state index in [2.05, 4.69) is 4.98 Å². The van der Waals surface area contributed by atoms with Crippen molar-refractivity contribution in [3.8, 4) is 17.2 Å². The number of aryl methyl sites for hydroxylation is 1. The van der Waals surface area contributed by atoms with Crippen LogP contribution in [0.2, 0.25) is 0 Å². The van der Waals surface area contributed by atoms with E-state index in [0.29, 0.717) is 36.8 Å². The molecule has 1 N–H and O–H groups in total. The zero-order valence-corrected chi connectivity index (χ0v) is 19.8. The molecule has 0 saturated heterocycles. The number of carboxylic acid groups (broad SMARTS) is 1. The Morgan fingerprint density at radius 1 is 1.15 bits per heavy atom. The number of hydrogen-bond acceptors (Lipinski definition) is 6. The second kappa shape index (κ2) is 9.77. The summed E-state index contributed by atoms with van der Waals surface area (Å²) < 4.78 is 18.6. The molecule has 172 valence electrons. The van der Waals surface area contributed by atoms with Crippen LogP contribution in [0, 0.1) is 6.92 Å². The first-order valence-electron chi connectivity index (χ1n) is 11.0. The lowest BCUT2D eigenvalue weighted by Gasteiger charge is -2.26. The van der Waals surface area contributed by atoms with Crippen LogP contribution in [0.15, 0.2) is 58.3 Å². The van der Waals surface area contributed by atoms with Crippen LogP contribution in [0.3, 0.4) is 0 Å². The van der Waals surface area contributed by atoms with Gasteiger partial charge in [-0.15, -0.1) is 11.3 Å². The fourth-order valence-corrected chi connectivity index (χ4v) is 4.75. The second-order valence-electron chi connectivity index (χ2n) is 7.95. The SMILES string of the molecule is CCCOC(C)(C(=O)O)c1ccc(OCCc2nc(-c3ccccc3)oc2C)c2ccsc12. The summed E-state index contributed by atoms with van der Waals surface area (Å²) in [7, 11) is 0. The van der Waals surface area contributed by atoms with Crippen LogP contribution in [-0.2, 0) is 21.6 Å². The molecule has 0 aliphatic rings. The lowest BCUT2D eigenvalue weighted by molar-refractivity contribution is -0.165. The molecule has 2 heterocycles. The largest absolute Gasteiger partial charge is 0.493 e. The molecule has 0 amide bonds. The van der Waals surface area contributed by atoms with Gasteiger partial charge in [0.05, 0.1) is 12.3 Å². The topological polar surface area (TPSA) is 81.8 Å². The quantitative estimate of drug-likeness (QED) is 0.300. The van der Waals surface area contributed by atoms with Crippen LogP contribution < -0.4 is 4.74 Å². The van der Waals surface area contributed by atoms with E-state index in [-0.39, 0.29) is 0 Å². The number of thiophene rings is 1. The van der Waals surface area contributed by atoms with Gasteiger partial charge in [0.1, 0.15) is 11.5 Å². The Balaban J connectivity index is 1.52. The van der Waals surface area contributed by atoms with Crippen LogP contribution in [0.5, 0.6) is 5.75 Å². The van der Waals surface area contributed by atoms with Crippen molar-refractivity contribution in [3.05, 3.63) is 70.9 Å². The Morgan fingerprint density at radius 3 is 2.67 bits per heavy atom. The number of oxazole rings is 1. The van der Waals surface area contributed by atoms with Crippen molar-refractivity contribution in [2.75, 3.05) is 13.2 Å². The molecule has 0 bridgehead atoms. The highest BCUT2D eigenvalue weighted by molar-refractivity contribution is 7.17. The molecule has 1 atom stereocenters. The summed E-state index contributed by atoms with van der Waals surface area (Å²) in [5.74, 6) is 1.09. The van der Waals surface area contributed by atoms with Crippen LogP contribution in [0.25, 0.3) is 21.5 Å². The zero-order valence-electron chi connectivity index (χ0n) is 19.0. The third-order valence-corrected chi connectivity index (χ3v) is 6.55. The van der Waals surface area contributed by atoms with E-state index in [0.717, 1.165) is 33.5 Å². The highest BCUT2D eigenvalue weighted by atomic mass is 32.1. The van der Waals surface area contributed by atoms with E-state index in [4.69, 9.17) is 13.9 Å². The Hall–Kier alpha value is -3.16. The van der Waals surface area contributed by atoms with Gasteiger partial charge in [-0.25, -0.2) is 9.78 Å². The lowest BCUT2D eigenvalue weighted by Crippen LogP contribution is -2.36. The molecule has 0 spiro atoms. The molecule has 2 aromatic heterocycles. The first-order valence-corrected chi connectivity index (χ1v) is 11.8. The molecular formula is C26H27NO5S. The van der Waals surface area contributed by atoms with Crippen LogP contribution in [-0.4, -0.2) is 29.3 Å². The molecule has 4 aromatic rings. The lowest BCUT2D eigenvalue weighted by atomic mass is 9.94. The minimum atomic E-state index is -1.41. The average molecular weight is 466 g/mol. The summed E-state index contributed by atoms with van der Waals surface area (Å²) >= 11 is 1.49. The van der Waals surface area contributed by atoms with Gasteiger partial charge in [-0.05, 0) is 49.9 Å². The predicted octanol–water partition coefficient (Wildman–Crippen LogP) is 6.21. The molecule has 0 fully saturated rings. The van der Waals surface area contributed by atoms with Crippen molar-refractivity contribution in [1.29, 1.82) is 0 Å². The summed E-state index contributed by atoms with van der Waals surface area (Å²) in [5, 5.41) is 12.7. The number of rotatable bonds is 10. The number of carbonyl (C=O) groups is 1. The number of hydrogen-bond donors (Lipinski definition) is 1. The maximum Gasteiger partial charge on any atom is 0.340 e. The maximum absolute atomic E-state index is 12.1. The molecular weight excluding hydrogens is 438 g/mol. The summed E-state index contributed by atoms with van der Waals surface area (Å²) in [6.07, 6.45) is 1.34. The molecule has 33 heavy (non-hydrogen) atoms. The van der Waals surface area contributed by atoms with E-state index in [1.807, 2.05) is 61.7 Å². The highest BCUT2D eigenvalue weighted by Crippen LogP contribution is 2.39. The number of nitrogens with zero attached hydrogens (tertiary/aromatic N) is 1. The van der Waals surface area contributed by atoms with Gasteiger partial charge in [-0.3, -0.25) is 0 Å². The molecule has 0 aliphatic heterocycles. The summed E-state index contributed by atoms with van der Waals surface area (Å²) in [5.41, 5.74) is 1.03. The number of benzene rings is 2.